The first-order valence-corrected chi connectivity index (χ1v) is 7.28. The second-order valence-electron chi connectivity index (χ2n) is 5.46. The molecule has 1 N–H and O–H groups in total. The van der Waals surface area contributed by atoms with Crippen molar-refractivity contribution in [1.82, 2.24) is 0 Å². The van der Waals surface area contributed by atoms with Crippen LogP contribution in [-0.4, -0.2) is 17.6 Å². The first-order chi connectivity index (χ1) is 9.61. The van der Waals surface area contributed by atoms with Crippen LogP contribution in [0.15, 0.2) is 18.2 Å². The molecule has 0 aliphatic heterocycles. The van der Waals surface area contributed by atoms with Crippen molar-refractivity contribution >= 4 is 11.4 Å². The highest BCUT2D eigenvalue weighted by Crippen LogP contribution is 2.36. The number of nitro groups is 1. The number of nitrogens with zero attached hydrogens (tertiary/aromatic N) is 1. The Morgan fingerprint density at radius 3 is 2.90 bits per heavy atom. The Kier molecular flexibility index (Phi) is 4.82. The minimum atomic E-state index is -0.362. The van der Waals surface area contributed by atoms with Crippen LogP contribution in [0.25, 0.3) is 0 Å². The molecule has 20 heavy (non-hydrogen) atoms. The zero-order valence-electron chi connectivity index (χ0n) is 12.1. The molecule has 0 heterocycles. The molecule has 1 fully saturated rings. The lowest BCUT2D eigenvalue weighted by Crippen LogP contribution is -2.26. The quantitative estimate of drug-likeness (QED) is 0.653. The fraction of sp³-hybridized carbons (Fsp3) is 0.600. The van der Waals surface area contributed by atoms with E-state index in [1.807, 2.05) is 6.92 Å². The van der Waals surface area contributed by atoms with Crippen LogP contribution in [0.1, 0.15) is 39.5 Å². The van der Waals surface area contributed by atoms with Crippen molar-refractivity contribution in [2.45, 2.75) is 45.6 Å². The molecule has 0 aromatic heterocycles. The molecule has 1 aliphatic carbocycles. The summed E-state index contributed by atoms with van der Waals surface area (Å²) in [5.41, 5.74) is 0.618. The van der Waals surface area contributed by atoms with Crippen LogP contribution in [-0.2, 0) is 0 Å². The lowest BCUT2D eigenvalue weighted by atomic mass is 9.87. The van der Waals surface area contributed by atoms with Crippen LogP contribution in [0.4, 0.5) is 11.4 Å². The maximum Gasteiger partial charge on any atom is 0.333 e. The van der Waals surface area contributed by atoms with Crippen molar-refractivity contribution in [1.29, 1.82) is 0 Å². The Morgan fingerprint density at radius 1 is 1.45 bits per heavy atom. The summed E-state index contributed by atoms with van der Waals surface area (Å²) in [6.45, 7) is 4.48. The zero-order valence-corrected chi connectivity index (χ0v) is 12.1. The van der Waals surface area contributed by atoms with Gasteiger partial charge in [-0.05, 0) is 37.8 Å². The first kappa shape index (κ1) is 14.6. The van der Waals surface area contributed by atoms with Gasteiger partial charge in [0.2, 0.25) is 0 Å². The molecule has 110 valence electrons. The molecule has 2 atom stereocenters. The van der Waals surface area contributed by atoms with Crippen molar-refractivity contribution < 1.29 is 9.66 Å². The summed E-state index contributed by atoms with van der Waals surface area (Å²) in [4.78, 5) is 10.9. The average Bonchev–Trinajstić information content (AvgIpc) is 2.39. The molecule has 2 rings (SSSR count). The van der Waals surface area contributed by atoms with Gasteiger partial charge in [0.25, 0.3) is 0 Å². The van der Waals surface area contributed by atoms with Gasteiger partial charge in [0.1, 0.15) is 5.69 Å². The zero-order chi connectivity index (χ0) is 14.5. The molecule has 1 aromatic carbocycles. The number of rotatable bonds is 5. The largest absolute Gasteiger partial charge is 0.487 e. The van der Waals surface area contributed by atoms with Crippen LogP contribution in [0.3, 0.4) is 0 Å². The van der Waals surface area contributed by atoms with Crippen LogP contribution in [0.5, 0.6) is 5.75 Å². The van der Waals surface area contributed by atoms with Crippen molar-refractivity contribution in [2.24, 2.45) is 5.92 Å². The van der Waals surface area contributed by atoms with Crippen molar-refractivity contribution in [3.63, 3.8) is 0 Å². The molecule has 1 aromatic rings. The Hall–Kier alpha value is -1.78. The number of para-hydroxylation sites is 1. The molecule has 0 amide bonds. The van der Waals surface area contributed by atoms with Gasteiger partial charge in [-0.15, -0.1) is 0 Å². The maximum absolute atomic E-state index is 11.3. The molecular weight excluding hydrogens is 256 g/mol. The highest BCUT2D eigenvalue weighted by molar-refractivity contribution is 5.68. The van der Waals surface area contributed by atoms with Crippen LogP contribution >= 0.6 is 0 Å². The monoisotopic (exact) mass is 278 g/mol. The minimum Gasteiger partial charge on any atom is -0.487 e. The Bertz CT molecular complexity index is 476. The predicted octanol–water partition coefficient (Wildman–Crippen LogP) is 3.98. The standard InChI is InChI=1S/C15H22N2O3/c1-3-20-14-9-5-8-13(15(14)17(18)19)16-12-7-4-6-11(2)10-12/h5,8-9,11-12,16H,3-4,6-7,10H2,1-2H3. The number of nitro benzene ring substituents is 1. The molecule has 0 saturated heterocycles. The Balaban J connectivity index is 2.21. The number of benzene rings is 1. The van der Waals surface area contributed by atoms with E-state index in [1.165, 1.54) is 12.8 Å². The van der Waals surface area contributed by atoms with Crippen LogP contribution < -0.4 is 10.1 Å². The molecule has 0 spiro atoms. The summed E-state index contributed by atoms with van der Waals surface area (Å²) in [6.07, 6.45) is 4.56. The highest BCUT2D eigenvalue weighted by Gasteiger charge is 2.25. The first-order valence-electron chi connectivity index (χ1n) is 7.28. The molecule has 2 unspecified atom stereocenters. The summed E-state index contributed by atoms with van der Waals surface area (Å²) in [5, 5.41) is 14.6. The average molecular weight is 278 g/mol. The number of hydrogen-bond acceptors (Lipinski definition) is 4. The fourth-order valence-corrected chi connectivity index (χ4v) is 2.88. The van der Waals surface area contributed by atoms with Crippen LogP contribution in [0.2, 0.25) is 0 Å². The van der Waals surface area contributed by atoms with Crippen molar-refractivity contribution in [3.05, 3.63) is 28.3 Å². The van der Waals surface area contributed by atoms with Crippen molar-refractivity contribution in [2.75, 3.05) is 11.9 Å². The van der Waals surface area contributed by atoms with Gasteiger partial charge in [-0.2, -0.15) is 0 Å². The highest BCUT2D eigenvalue weighted by atomic mass is 16.6. The van der Waals surface area contributed by atoms with E-state index in [1.54, 1.807) is 18.2 Å². The topological polar surface area (TPSA) is 64.4 Å². The SMILES string of the molecule is CCOc1cccc(NC2CCCC(C)C2)c1[N+](=O)[O-]. The van der Waals surface area contributed by atoms with Crippen LogP contribution in [0, 0.1) is 16.0 Å². The molecule has 0 bridgehead atoms. The number of ether oxygens (including phenoxy) is 1. The predicted molar refractivity (Wildman–Crippen MR) is 79.3 cm³/mol. The summed E-state index contributed by atoms with van der Waals surface area (Å²) in [5.74, 6) is 1.02. The summed E-state index contributed by atoms with van der Waals surface area (Å²) in [6, 6.07) is 5.53. The van der Waals surface area contributed by atoms with Gasteiger partial charge < -0.3 is 10.1 Å². The summed E-state index contributed by atoms with van der Waals surface area (Å²) < 4.78 is 5.37. The molecule has 5 nitrogen and oxygen atoms in total. The van der Waals surface area contributed by atoms with E-state index >= 15 is 0 Å². The Labute approximate surface area is 119 Å². The third-order valence-corrected chi connectivity index (χ3v) is 3.78. The van der Waals surface area contributed by atoms with Crippen molar-refractivity contribution in [3.8, 4) is 5.75 Å². The second-order valence-corrected chi connectivity index (χ2v) is 5.46. The molecule has 1 saturated carbocycles. The van der Waals surface area contributed by atoms with E-state index < -0.39 is 0 Å². The molecule has 0 radical (unpaired) electrons. The van der Waals surface area contributed by atoms with E-state index in [-0.39, 0.29) is 10.6 Å². The molecule has 5 heteroatoms. The minimum absolute atomic E-state index is 0.0487. The number of hydrogen-bond donors (Lipinski definition) is 1. The summed E-state index contributed by atoms with van der Waals surface area (Å²) in [7, 11) is 0. The lowest BCUT2D eigenvalue weighted by molar-refractivity contribution is -0.385. The number of nitrogens with one attached hydrogen (secondary N) is 1. The third-order valence-electron chi connectivity index (χ3n) is 3.78. The van der Waals surface area contributed by atoms with Gasteiger partial charge in [-0.25, -0.2) is 0 Å². The van der Waals surface area contributed by atoms with Gasteiger partial charge in [-0.3, -0.25) is 10.1 Å². The van der Waals surface area contributed by atoms with Gasteiger partial charge in [0.15, 0.2) is 5.75 Å². The van der Waals surface area contributed by atoms with Gasteiger partial charge in [0, 0.05) is 6.04 Å². The molecular formula is C15H22N2O3. The third kappa shape index (κ3) is 3.40. The Morgan fingerprint density at radius 2 is 2.25 bits per heavy atom. The lowest BCUT2D eigenvalue weighted by Gasteiger charge is -2.28. The van der Waals surface area contributed by atoms with E-state index in [4.69, 9.17) is 4.74 Å². The van der Waals surface area contributed by atoms with E-state index in [0.717, 1.165) is 12.8 Å². The van der Waals surface area contributed by atoms with Gasteiger partial charge in [-0.1, -0.05) is 25.8 Å². The maximum atomic E-state index is 11.3. The second kappa shape index (κ2) is 6.59. The van der Waals surface area contributed by atoms with E-state index in [2.05, 4.69) is 12.2 Å². The van der Waals surface area contributed by atoms with Gasteiger partial charge >= 0.3 is 5.69 Å². The van der Waals surface area contributed by atoms with E-state index in [9.17, 15) is 10.1 Å². The molecule has 1 aliphatic rings. The smallest absolute Gasteiger partial charge is 0.333 e. The summed E-state index contributed by atoms with van der Waals surface area (Å²) >= 11 is 0. The van der Waals surface area contributed by atoms with E-state index in [0.29, 0.717) is 30.0 Å². The number of anilines is 1. The van der Waals surface area contributed by atoms with Gasteiger partial charge in [0.05, 0.1) is 11.5 Å². The fourth-order valence-electron chi connectivity index (χ4n) is 2.88. The normalized spacial score (nSPS) is 22.3.